The number of rotatable bonds is 5. The van der Waals surface area contributed by atoms with Crippen LogP contribution in [0, 0.1) is 17.2 Å². The van der Waals surface area contributed by atoms with Gasteiger partial charge in [-0.3, -0.25) is 19.8 Å². The molecule has 1 saturated carbocycles. The van der Waals surface area contributed by atoms with Crippen molar-refractivity contribution < 1.29 is 22.8 Å². The van der Waals surface area contributed by atoms with Crippen LogP contribution in [0.2, 0.25) is 0 Å². The second-order valence-corrected chi connectivity index (χ2v) is 12.5. The molecule has 3 aromatic rings. The van der Waals surface area contributed by atoms with Crippen LogP contribution < -0.4 is 10.6 Å². The Kier molecular flexibility index (Phi) is 7.08. The molecule has 41 heavy (non-hydrogen) atoms. The average molecular weight is 568 g/mol. The Labute approximate surface area is 237 Å². The second kappa shape index (κ2) is 10.5. The van der Waals surface area contributed by atoms with E-state index in [1.54, 1.807) is 0 Å². The number of nitrogens with zero attached hydrogens (tertiary/aromatic N) is 3. The molecule has 3 fully saturated rings. The van der Waals surface area contributed by atoms with Crippen LogP contribution in [0.1, 0.15) is 74.3 Å². The fraction of sp³-hybridized carbons (Fsp3) is 0.516. The van der Waals surface area contributed by atoms with Crippen molar-refractivity contribution in [2.75, 3.05) is 18.4 Å². The fourth-order valence-corrected chi connectivity index (χ4v) is 7.24. The van der Waals surface area contributed by atoms with Crippen LogP contribution in [0.4, 0.5) is 19.1 Å². The highest BCUT2D eigenvalue weighted by Gasteiger charge is 2.48. The number of alkyl halides is 2. The van der Waals surface area contributed by atoms with Gasteiger partial charge in [0.1, 0.15) is 5.82 Å². The lowest BCUT2D eigenvalue weighted by Gasteiger charge is -2.49. The van der Waals surface area contributed by atoms with E-state index in [1.165, 1.54) is 24.3 Å². The Balaban J connectivity index is 1.34. The molecular formula is C31H36F3N5O2. The maximum atomic E-state index is 13.7. The number of aromatic nitrogens is 2. The summed E-state index contributed by atoms with van der Waals surface area (Å²) in [5.41, 5.74) is 2.69. The lowest BCUT2D eigenvalue weighted by molar-refractivity contribution is -0.137. The van der Waals surface area contributed by atoms with Crippen LogP contribution in [-0.2, 0) is 11.3 Å². The number of fused-ring (bicyclic) bond motifs is 2. The van der Waals surface area contributed by atoms with Crippen molar-refractivity contribution in [2.45, 2.75) is 76.9 Å². The van der Waals surface area contributed by atoms with Gasteiger partial charge in [0.15, 0.2) is 0 Å². The van der Waals surface area contributed by atoms with Crippen molar-refractivity contribution in [1.29, 1.82) is 0 Å². The molecule has 0 bridgehead atoms. The Bertz CT molecular complexity index is 1460. The summed E-state index contributed by atoms with van der Waals surface area (Å²) in [4.78, 5) is 32.9. The number of anilines is 1. The van der Waals surface area contributed by atoms with Gasteiger partial charge in [0.05, 0.1) is 11.0 Å². The van der Waals surface area contributed by atoms with Gasteiger partial charge >= 0.3 is 0 Å². The van der Waals surface area contributed by atoms with E-state index in [0.29, 0.717) is 31.1 Å². The first-order valence-electron chi connectivity index (χ1n) is 14.5. The smallest absolute Gasteiger partial charge is 0.257 e. The lowest BCUT2D eigenvalue weighted by atomic mass is 9.61. The minimum Gasteiger partial charge on any atom is -0.353 e. The summed E-state index contributed by atoms with van der Waals surface area (Å²) in [6.07, 6.45) is 2.83. The first-order chi connectivity index (χ1) is 19.5. The lowest BCUT2D eigenvalue weighted by Crippen LogP contribution is -2.54. The number of amides is 2. The van der Waals surface area contributed by atoms with Crippen LogP contribution in [0.25, 0.3) is 11.0 Å². The SMILES string of the molecule is CC1C[C@@]2(C)C[C@H](n3c(NC(=O)c4ccc(F)cc4)nc4ccc(CN5CCC(F)(F)CC5)cc43)CC[C@@H]2C(=O)N1. The Morgan fingerprint density at radius 2 is 1.83 bits per heavy atom. The molecule has 2 aliphatic heterocycles. The Hall–Kier alpha value is -3.40. The number of imidazole rings is 1. The second-order valence-electron chi connectivity index (χ2n) is 12.5. The molecule has 2 amide bonds. The predicted octanol–water partition coefficient (Wildman–Crippen LogP) is 5.91. The highest BCUT2D eigenvalue weighted by atomic mass is 19.3. The molecular weight excluding hydrogens is 531 g/mol. The predicted molar refractivity (Wildman–Crippen MR) is 150 cm³/mol. The molecule has 0 spiro atoms. The number of likely N-dealkylation sites (tertiary alicyclic amines) is 1. The van der Waals surface area contributed by atoms with E-state index in [9.17, 15) is 22.8 Å². The third-order valence-electron chi connectivity index (χ3n) is 9.25. The van der Waals surface area contributed by atoms with Gasteiger partial charge in [-0.25, -0.2) is 18.2 Å². The number of benzene rings is 2. The van der Waals surface area contributed by atoms with E-state index in [2.05, 4.69) is 22.1 Å². The van der Waals surface area contributed by atoms with Gasteiger partial charge in [0, 0.05) is 56.0 Å². The zero-order valence-corrected chi connectivity index (χ0v) is 23.4. The monoisotopic (exact) mass is 567 g/mol. The molecule has 2 N–H and O–H groups in total. The fourth-order valence-electron chi connectivity index (χ4n) is 7.24. The molecule has 3 aliphatic rings. The number of hydrogen-bond acceptors (Lipinski definition) is 4. The molecule has 2 saturated heterocycles. The average Bonchev–Trinajstić information content (AvgIpc) is 3.26. The summed E-state index contributed by atoms with van der Waals surface area (Å²) in [5.74, 6) is -2.95. The topological polar surface area (TPSA) is 79.3 Å². The maximum Gasteiger partial charge on any atom is 0.257 e. The largest absolute Gasteiger partial charge is 0.353 e. The number of carbonyl (C=O) groups is 2. The summed E-state index contributed by atoms with van der Waals surface area (Å²) in [5, 5.41) is 6.06. The molecule has 3 heterocycles. The van der Waals surface area contributed by atoms with E-state index < -0.39 is 11.7 Å². The number of nitrogens with one attached hydrogen (secondary N) is 2. The Morgan fingerprint density at radius 1 is 1.10 bits per heavy atom. The summed E-state index contributed by atoms with van der Waals surface area (Å²) >= 11 is 0. The quantitative estimate of drug-likeness (QED) is 0.402. The van der Waals surface area contributed by atoms with Crippen molar-refractivity contribution >= 4 is 28.8 Å². The summed E-state index contributed by atoms with van der Waals surface area (Å²) < 4.78 is 43.0. The van der Waals surface area contributed by atoms with Gasteiger partial charge in [-0.2, -0.15) is 0 Å². The minimum absolute atomic E-state index is 0.00760. The van der Waals surface area contributed by atoms with Crippen molar-refractivity contribution in [3.8, 4) is 0 Å². The van der Waals surface area contributed by atoms with E-state index in [4.69, 9.17) is 4.98 Å². The van der Waals surface area contributed by atoms with Crippen LogP contribution in [0.15, 0.2) is 42.5 Å². The van der Waals surface area contributed by atoms with E-state index in [0.717, 1.165) is 42.3 Å². The van der Waals surface area contributed by atoms with Gasteiger partial charge in [-0.1, -0.05) is 13.0 Å². The number of hydrogen-bond donors (Lipinski definition) is 2. The van der Waals surface area contributed by atoms with Crippen LogP contribution >= 0.6 is 0 Å². The zero-order chi connectivity index (χ0) is 28.9. The number of carbonyl (C=O) groups excluding carboxylic acids is 2. The number of halogens is 3. The first kappa shape index (κ1) is 27.8. The summed E-state index contributed by atoms with van der Waals surface area (Å²) in [6, 6.07) is 11.4. The van der Waals surface area contributed by atoms with Gasteiger partial charge in [0.25, 0.3) is 11.8 Å². The van der Waals surface area contributed by atoms with Crippen molar-refractivity contribution in [2.24, 2.45) is 11.3 Å². The first-order valence-corrected chi connectivity index (χ1v) is 14.5. The highest BCUT2D eigenvalue weighted by Crippen LogP contribution is 2.51. The normalized spacial score (nSPS) is 28.2. The van der Waals surface area contributed by atoms with E-state index in [-0.39, 0.29) is 48.1 Å². The van der Waals surface area contributed by atoms with Gasteiger partial charge in [0.2, 0.25) is 11.9 Å². The summed E-state index contributed by atoms with van der Waals surface area (Å²) in [6.45, 7) is 5.45. The third kappa shape index (κ3) is 5.58. The van der Waals surface area contributed by atoms with Gasteiger partial charge in [-0.15, -0.1) is 0 Å². The minimum atomic E-state index is -2.60. The highest BCUT2D eigenvalue weighted by molar-refractivity contribution is 6.04. The third-order valence-corrected chi connectivity index (χ3v) is 9.25. The molecule has 1 aliphatic carbocycles. The molecule has 2 aromatic carbocycles. The standard InChI is InChI=1S/C31H36F3N5O2/c1-19-16-30(2)17-23(8-9-24(30)28(41)35-19)39-26-15-20(18-38-13-11-31(33,34)12-14-38)3-10-25(26)36-29(39)37-27(40)21-4-6-22(32)7-5-21/h3-7,10,15,19,23-24H,8-9,11-14,16-18H2,1-2H3,(H,35,41)(H,36,37,40)/t19?,23-,24-,30+/m1/s1. The van der Waals surface area contributed by atoms with Crippen molar-refractivity contribution in [3.05, 3.63) is 59.4 Å². The van der Waals surface area contributed by atoms with E-state index >= 15 is 0 Å². The van der Waals surface area contributed by atoms with E-state index in [1.807, 2.05) is 30.0 Å². The summed E-state index contributed by atoms with van der Waals surface area (Å²) in [7, 11) is 0. The zero-order valence-electron chi connectivity index (χ0n) is 23.4. The number of piperidine rings is 2. The van der Waals surface area contributed by atoms with Crippen molar-refractivity contribution in [3.63, 3.8) is 0 Å². The van der Waals surface area contributed by atoms with Gasteiger partial charge in [-0.05, 0) is 80.0 Å². The maximum absolute atomic E-state index is 13.7. The van der Waals surface area contributed by atoms with Crippen LogP contribution in [-0.4, -0.2) is 51.3 Å². The molecule has 218 valence electrons. The van der Waals surface area contributed by atoms with Crippen molar-refractivity contribution in [1.82, 2.24) is 19.8 Å². The van der Waals surface area contributed by atoms with Gasteiger partial charge < -0.3 is 9.88 Å². The molecule has 6 rings (SSSR count). The van der Waals surface area contributed by atoms with Crippen LogP contribution in [0.3, 0.4) is 0 Å². The molecule has 1 aromatic heterocycles. The molecule has 0 radical (unpaired) electrons. The Morgan fingerprint density at radius 3 is 2.56 bits per heavy atom. The molecule has 10 heteroatoms. The molecule has 1 unspecified atom stereocenters. The van der Waals surface area contributed by atoms with Crippen LogP contribution in [0.5, 0.6) is 0 Å². The molecule has 4 atom stereocenters. The molecule has 7 nitrogen and oxygen atoms in total.